The number of carbonyl (C=O) groups is 3. The van der Waals surface area contributed by atoms with Crippen LogP contribution in [0.3, 0.4) is 0 Å². The van der Waals surface area contributed by atoms with Crippen LogP contribution in [0.25, 0.3) is 0 Å². The number of aliphatic carboxylic acids is 1. The average Bonchev–Trinajstić information content (AvgIpc) is 2.35. The van der Waals surface area contributed by atoms with Crippen LogP contribution in [0.15, 0.2) is 0 Å². The van der Waals surface area contributed by atoms with Crippen molar-refractivity contribution in [1.29, 1.82) is 0 Å². The largest absolute Gasteiger partial charge is 0.481 e. The molecule has 1 rings (SSSR count). The Labute approximate surface area is 119 Å². The zero-order chi connectivity index (χ0) is 15.3. The van der Waals surface area contributed by atoms with Crippen molar-refractivity contribution in [1.82, 2.24) is 10.6 Å². The van der Waals surface area contributed by atoms with E-state index >= 15 is 0 Å². The fraction of sp³-hybridized carbons (Fsp3) is 0.786. The van der Waals surface area contributed by atoms with Gasteiger partial charge in [-0.2, -0.15) is 0 Å². The molecule has 1 fully saturated rings. The molecule has 0 aromatic carbocycles. The van der Waals surface area contributed by atoms with Crippen molar-refractivity contribution < 1.29 is 19.5 Å². The van der Waals surface area contributed by atoms with E-state index in [0.29, 0.717) is 12.8 Å². The molecule has 0 aromatic heterocycles. The van der Waals surface area contributed by atoms with Crippen LogP contribution in [0.4, 0.5) is 0 Å². The van der Waals surface area contributed by atoms with Gasteiger partial charge >= 0.3 is 5.97 Å². The molecule has 114 valence electrons. The highest BCUT2D eigenvalue weighted by Gasteiger charge is 2.34. The Morgan fingerprint density at radius 1 is 1.15 bits per heavy atom. The summed E-state index contributed by atoms with van der Waals surface area (Å²) in [5.74, 6) is -2.01. The number of carbonyl (C=O) groups excluding carboxylic acids is 2. The van der Waals surface area contributed by atoms with Crippen molar-refractivity contribution in [3.63, 3.8) is 0 Å². The Balaban J connectivity index is 2.70. The van der Waals surface area contributed by atoms with Gasteiger partial charge in [-0.05, 0) is 18.8 Å². The first-order chi connectivity index (χ1) is 9.32. The van der Waals surface area contributed by atoms with E-state index < -0.39 is 17.9 Å². The minimum Gasteiger partial charge on any atom is -0.481 e. The second kappa shape index (κ2) is 7.26. The number of nitrogens with one attached hydrogen (secondary N) is 2. The first-order valence-corrected chi connectivity index (χ1v) is 7.13. The number of hydrogen-bond donors (Lipinski definition) is 3. The molecule has 3 unspecified atom stereocenters. The molecule has 0 aliphatic heterocycles. The van der Waals surface area contributed by atoms with Crippen LogP contribution < -0.4 is 10.6 Å². The second-order valence-electron chi connectivity index (χ2n) is 5.77. The zero-order valence-corrected chi connectivity index (χ0v) is 12.3. The van der Waals surface area contributed by atoms with Gasteiger partial charge in [0.2, 0.25) is 11.8 Å². The summed E-state index contributed by atoms with van der Waals surface area (Å²) < 4.78 is 0. The minimum absolute atomic E-state index is 0.0502. The van der Waals surface area contributed by atoms with Crippen LogP contribution in [-0.4, -0.2) is 35.0 Å². The molecule has 20 heavy (non-hydrogen) atoms. The SMILES string of the molecule is CC(=O)NC(C(=O)NC1CCCCC1C(=O)O)C(C)C. The Kier molecular flexibility index (Phi) is 5.98. The molecule has 0 saturated heterocycles. The van der Waals surface area contributed by atoms with E-state index in [0.717, 1.165) is 12.8 Å². The van der Waals surface area contributed by atoms with Crippen LogP contribution >= 0.6 is 0 Å². The molecule has 0 radical (unpaired) electrons. The molecule has 1 aliphatic rings. The van der Waals surface area contributed by atoms with Crippen molar-refractivity contribution in [3.8, 4) is 0 Å². The Morgan fingerprint density at radius 2 is 1.75 bits per heavy atom. The van der Waals surface area contributed by atoms with Gasteiger partial charge in [0, 0.05) is 13.0 Å². The molecule has 1 saturated carbocycles. The van der Waals surface area contributed by atoms with Gasteiger partial charge in [-0.1, -0.05) is 26.7 Å². The Bertz CT molecular complexity index is 381. The average molecular weight is 284 g/mol. The molecule has 3 atom stereocenters. The standard InChI is InChI=1S/C14H24N2O4/c1-8(2)12(15-9(3)17)13(18)16-11-7-5-4-6-10(11)14(19)20/h8,10-12H,4-7H2,1-3H3,(H,15,17)(H,16,18)(H,19,20). The second-order valence-corrected chi connectivity index (χ2v) is 5.77. The minimum atomic E-state index is -0.865. The van der Waals surface area contributed by atoms with E-state index in [4.69, 9.17) is 0 Å². The fourth-order valence-electron chi connectivity index (χ4n) is 2.63. The highest BCUT2D eigenvalue weighted by atomic mass is 16.4. The summed E-state index contributed by atoms with van der Waals surface area (Å²) in [7, 11) is 0. The lowest BCUT2D eigenvalue weighted by Crippen LogP contribution is -2.54. The van der Waals surface area contributed by atoms with E-state index in [9.17, 15) is 19.5 Å². The van der Waals surface area contributed by atoms with Crippen LogP contribution in [-0.2, 0) is 14.4 Å². The molecule has 0 bridgehead atoms. The van der Waals surface area contributed by atoms with Gasteiger partial charge in [-0.3, -0.25) is 14.4 Å². The highest BCUT2D eigenvalue weighted by Crippen LogP contribution is 2.24. The van der Waals surface area contributed by atoms with Gasteiger partial charge in [0.05, 0.1) is 5.92 Å². The molecule has 6 nitrogen and oxygen atoms in total. The lowest BCUT2D eigenvalue weighted by Gasteiger charge is -2.31. The van der Waals surface area contributed by atoms with E-state index in [1.54, 1.807) is 0 Å². The predicted molar refractivity (Wildman–Crippen MR) is 74.0 cm³/mol. The molecule has 0 aromatic rings. The summed E-state index contributed by atoms with van der Waals surface area (Å²) in [4.78, 5) is 34.6. The molecule has 1 aliphatic carbocycles. The molecule has 3 N–H and O–H groups in total. The van der Waals surface area contributed by atoms with E-state index in [-0.39, 0.29) is 23.8 Å². The van der Waals surface area contributed by atoms with Crippen molar-refractivity contribution in [2.75, 3.05) is 0 Å². The van der Waals surface area contributed by atoms with Gasteiger partial charge < -0.3 is 15.7 Å². The third kappa shape index (κ3) is 4.51. The summed E-state index contributed by atoms with van der Waals surface area (Å²) in [5.41, 5.74) is 0. The van der Waals surface area contributed by atoms with Crippen LogP contribution in [0.2, 0.25) is 0 Å². The first kappa shape index (κ1) is 16.5. The van der Waals surface area contributed by atoms with Crippen molar-refractivity contribution in [2.24, 2.45) is 11.8 Å². The summed E-state index contributed by atoms with van der Waals surface area (Å²) >= 11 is 0. The van der Waals surface area contributed by atoms with E-state index in [1.165, 1.54) is 6.92 Å². The molecule has 0 spiro atoms. The Morgan fingerprint density at radius 3 is 2.25 bits per heavy atom. The van der Waals surface area contributed by atoms with Gasteiger partial charge in [0.25, 0.3) is 0 Å². The molecule has 2 amide bonds. The number of rotatable bonds is 5. The third-order valence-corrected chi connectivity index (χ3v) is 3.72. The topological polar surface area (TPSA) is 95.5 Å². The van der Waals surface area contributed by atoms with Crippen LogP contribution in [0.1, 0.15) is 46.5 Å². The smallest absolute Gasteiger partial charge is 0.308 e. The maximum Gasteiger partial charge on any atom is 0.308 e. The van der Waals surface area contributed by atoms with Crippen LogP contribution in [0, 0.1) is 11.8 Å². The lowest BCUT2D eigenvalue weighted by atomic mass is 9.84. The normalized spacial score (nSPS) is 24.0. The van der Waals surface area contributed by atoms with Gasteiger partial charge in [0.15, 0.2) is 0 Å². The summed E-state index contributed by atoms with van der Waals surface area (Å²) in [6.45, 7) is 5.05. The maximum atomic E-state index is 12.2. The Hall–Kier alpha value is -1.59. The molecular formula is C14H24N2O4. The van der Waals surface area contributed by atoms with Crippen molar-refractivity contribution >= 4 is 17.8 Å². The fourth-order valence-corrected chi connectivity index (χ4v) is 2.63. The quantitative estimate of drug-likeness (QED) is 0.699. The lowest BCUT2D eigenvalue weighted by molar-refractivity contribution is -0.144. The van der Waals surface area contributed by atoms with E-state index in [2.05, 4.69) is 10.6 Å². The van der Waals surface area contributed by atoms with Gasteiger partial charge in [-0.25, -0.2) is 0 Å². The number of carboxylic acid groups (broad SMARTS) is 1. The summed E-state index contributed by atoms with van der Waals surface area (Å²) in [6.07, 6.45) is 3.06. The van der Waals surface area contributed by atoms with E-state index in [1.807, 2.05) is 13.8 Å². The predicted octanol–water partition coefficient (Wildman–Crippen LogP) is 0.907. The number of amides is 2. The van der Waals surface area contributed by atoms with Crippen molar-refractivity contribution in [3.05, 3.63) is 0 Å². The zero-order valence-electron chi connectivity index (χ0n) is 12.3. The first-order valence-electron chi connectivity index (χ1n) is 7.13. The molecular weight excluding hydrogens is 260 g/mol. The number of hydrogen-bond acceptors (Lipinski definition) is 3. The van der Waals surface area contributed by atoms with Gasteiger partial charge in [0.1, 0.15) is 6.04 Å². The maximum absolute atomic E-state index is 12.2. The van der Waals surface area contributed by atoms with Crippen molar-refractivity contribution in [2.45, 2.75) is 58.5 Å². The number of carboxylic acids is 1. The van der Waals surface area contributed by atoms with Crippen LogP contribution in [0.5, 0.6) is 0 Å². The summed E-state index contributed by atoms with van der Waals surface area (Å²) in [6, 6.07) is -0.965. The third-order valence-electron chi connectivity index (χ3n) is 3.72. The summed E-state index contributed by atoms with van der Waals surface area (Å²) in [5, 5.41) is 14.6. The highest BCUT2D eigenvalue weighted by molar-refractivity contribution is 5.87. The molecule has 6 heteroatoms. The monoisotopic (exact) mass is 284 g/mol. The molecule has 0 heterocycles. The van der Waals surface area contributed by atoms with Gasteiger partial charge in [-0.15, -0.1) is 0 Å².